The molecule has 1 aromatic carbocycles. The van der Waals surface area contributed by atoms with Gasteiger partial charge in [0.05, 0.1) is 0 Å². The largest absolute Gasteiger partial charge is 0.376 e. The zero-order chi connectivity index (χ0) is 10.4. The van der Waals surface area contributed by atoms with E-state index in [1.165, 1.54) is 18.4 Å². The van der Waals surface area contributed by atoms with Gasteiger partial charge in [-0.05, 0) is 24.0 Å². The summed E-state index contributed by atoms with van der Waals surface area (Å²) in [6, 6.07) is 7.86. The zero-order valence-electron chi connectivity index (χ0n) is 8.53. The van der Waals surface area contributed by atoms with E-state index in [-0.39, 0.29) is 0 Å². The van der Waals surface area contributed by atoms with Crippen LogP contribution >= 0.6 is 0 Å². The second kappa shape index (κ2) is 5.47. The van der Waals surface area contributed by atoms with Crippen LogP contribution in [-0.2, 0) is 6.42 Å². The van der Waals surface area contributed by atoms with Crippen LogP contribution in [0.1, 0.15) is 37.0 Å². The maximum atomic E-state index is 9.36. The highest BCUT2D eigenvalue weighted by atomic mass is 16.3. The molecule has 0 radical (unpaired) electrons. The summed E-state index contributed by atoms with van der Waals surface area (Å²) in [6.45, 7) is 2.18. The minimum absolute atomic E-state index is 0.768. The molecule has 1 atom stereocenters. The van der Waals surface area contributed by atoms with E-state index >= 15 is 0 Å². The van der Waals surface area contributed by atoms with Gasteiger partial charge in [0.2, 0.25) is 0 Å². The lowest BCUT2D eigenvalue weighted by Gasteiger charge is -2.05. The van der Waals surface area contributed by atoms with Gasteiger partial charge in [0.25, 0.3) is 0 Å². The quantitative estimate of drug-likeness (QED) is 0.720. The van der Waals surface area contributed by atoms with Crippen molar-refractivity contribution in [2.75, 3.05) is 0 Å². The van der Waals surface area contributed by atoms with Gasteiger partial charge in [-0.3, -0.25) is 0 Å². The van der Waals surface area contributed by atoms with E-state index in [9.17, 15) is 5.11 Å². The molecular formula is C13H16O. The number of aliphatic hydroxyl groups excluding tert-OH is 1. The fourth-order valence-electron chi connectivity index (χ4n) is 1.34. The molecule has 0 heterocycles. The van der Waals surface area contributed by atoms with Gasteiger partial charge in [-0.15, -0.1) is 6.42 Å². The van der Waals surface area contributed by atoms with E-state index in [0.29, 0.717) is 0 Å². The van der Waals surface area contributed by atoms with E-state index in [1.54, 1.807) is 0 Å². The molecule has 1 heteroatoms. The Kier molecular flexibility index (Phi) is 4.22. The van der Waals surface area contributed by atoms with E-state index in [1.807, 2.05) is 24.3 Å². The number of hydrogen-bond donors (Lipinski definition) is 1. The van der Waals surface area contributed by atoms with Gasteiger partial charge in [0, 0.05) is 0 Å². The first-order valence-corrected chi connectivity index (χ1v) is 5.01. The second-order valence-corrected chi connectivity index (χ2v) is 3.41. The van der Waals surface area contributed by atoms with Crippen molar-refractivity contribution in [1.82, 2.24) is 0 Å². The summed E-state index contributed by atoms with van der Waals surface area (Å²) in [5.74, 6) is 2.30. The minimum atomic E-state index is -0.768. The highest BCUT2D eigenvalue weighted by molar-refractivity contribution is 5.27. The van der Waals surface area contributed by atoms with Gasteiger partial charge in [0.15, 0.2) is 0 Å². The SMILES string of the molecule is C#CC(O)c1ccc(CCCC)cc1. The third kappa shape index (κ3) is 2.90. The van der Waals surface area contributed by atoms with Crippen LogP contribution in [0.5, 0.6) is 0 Å². The van der Waals surface area contributed by atoms with Crippen molar-refractivity contribution in [3.05, 3.63) is 35.4 Å². The molecule has 0 aromatic heterocycles. The number of terminal acetylenes is 1. The van der Waals surface area contributed by atoms with E-state index < -0.39 is 6.10 Å². The number of aryl methyl sites for hydroxylation is 1. The summed E-state index contributed by atoms with van der Waals surface area (Å²) in [4.78, 5) is 0. The molecule has 0 fully saturated rings. The number of unbranched alkanes of at least 4 members (excludes halogenated alkanes) is 1. The molecule has 1 rings (SSSR count). The summed E-state index contributed by atoms with van der Waals surface area (Å²) in [6.07, 6.45) is 7.86. The first-order chi connectivity index (χ1) is 6.77. The zero-order valence-corrected chi connectivity index (χ0v) is 8.53. The van der Waals surface area contributed by atoms with Crippen LogP contribution in [0.15, 0.2) is 24.3 Å². The monoisotopic (exact) mass is 188 g/mol. The predicted octanol–water partition coefficient (Wildman–Crippen LogP) is 2.70. The molecule has 0 saturated carbocycles. The molecule has 14 heavy (non-hydrogen) atoms. The van der Waals surface area contributed by atoms with Crippen LogP contribution < -0.4 is 0 Å². The Balaban J connectivity index is 2.65. The Bertz CT molecular complexity index is 305. The average molecular weight is 188 g/mol. The highest BCUT2D eigenvalue weighted by Gasteiger charge is 2.01. The summed E-state index contributed by atoms with van der Waals surface area (Å²) in [5.41, 5.74) is 2.10. The lowest BCUT2D eigenvalue weighted by atomic mass is 10.0. The first-order valence-electron chi connectivity index (χ1n) is 5.01. The van der Waals surface area contributed by atoms with Gasteiger partial charge in [-0.2, -0.15) is 0 Å². The van der Waals surface area contributed by atoms with Gasteiger partial charge in [0.1, 0.15) is 6.10 Å². The van der Waals surface area contributed by atoms with Gasteiger partial charge < -0.3 is 5.11 Å². The fourth-order valence-corrected chi connectivity index (χ4v) is 1.34. The van der Waals surface area contributed by atoms with E-state index in [4.69, 9.17) is 6.42 Å². The number of aliphatic hydroxyl groups is 1. The maximum Gasteiger partial charge on any atom is 0.139 e. The Morgan fingerprint density at radius 1 is 1.36 bits per heavy atom. The molecule has 0 aliphatic rings. The third-order valence-corrected chi connectivity index (χ3v) is 2.27. The summed E-state index contributed by atoms with van der Waals surface area (Å²) in [5, 5.41) is 9.36. The average Bonchev–Trinajstić information content (AvgIpc) is 2.26. The van der Waals surface area contributed by atoms with Crippen molar-refractivity contribution >= 4 is 0 Å². The van der Waals surface area contributed by atoms with Gasteiger partial charge in [-0.1, -0.05) is 43.5 Å². The van der Waals surface area contributed by atoms with Crippen molar-refractivity contribution in [2.45, 2.75) is 32.3 Å². The summed E-state index contributed by atoms with van der Waals surface area (Å²) in [7, 11) is 0. The molecule has 1 unspecified atom stereocenters. The van der Waals surface area contributed by atoms with Crippen molar-refractivity contribution in [1.29, 1.82) is 0 Å². The number of hydrogen-bond acceptors (Lipinski definition) is 1. The highest BCUT2D eigenvalue weighted by Crippen LogP contribution is 2.13. The van der Waals surface area contributed by atoms with Crippen molar-refractivity contribution < 1.29 is 5.11 Å². The molecule has 0 spiro atoms. The molecule has 1 N–H and O–H groups in total. The van der Waals surface area contributed by atoms with Crippen molar-refractivity contribution in [3.8, 4) is 12.3 Å². The molecule has 1 aromatic rings. The summed E-state index contributed by atoms with van der Waals surface area (Å²) >= 11 is 0. The molecule has 0 bridgehead atoms. The maximum absolute atomic E-state index is 9.36. The van der Waals surface area contributed by atoms with Crippen molar-refractivity contribution in [3.63, 3.8) is 0 Å². The molecule has 74 valence electrons. The molecule has 0 aliphatic carbocycles. The third-order valence-electron chi connectivity index (χ3n) is 2.27. The minimum Gasteiger partial charge on any atom is -0.376 e. The topological polar surface area (TPSA) is 20.2 Å². The van der Waals surface area contributed by atoms with Crippen LogP contribution in [0.4, 0.5) is 0 Å². The van der Waals surface area contributed by atoms with Crippen LogP contribution in [-0.4, -0.2) is 5.11 Å². The lowest BCUT2D eigenvalue weighted by molar-refractivity contribution is 0.238. The van der Waals surface area contributed by atoms with Crippen LogP contribution in [0, 0.1) is 12.3 Å². The van der Waals surface area contributed by atoms with Crippen LogP contribution in [0.2, 0.25) is 0 Å². The van der Waals surface area contributed by atoms with E-state index in [2.05, 4.69) is 12.8 Å². The standard InChI is InChI=1S/C13H16O/c1-3-5-6-11-7-9-12(10-8-11)13(14)4-2/h2,7-10,13-14H,3,5-6H2,1H3. The Hall–Kier alpha value is -1.26. The smallest absolute Gasteiger partial charge is 0.139 e. The lowest BCUT2D eigenvalue weighted by Crippen LogP contribution is -1.93. The first kappa shape index (κ1) is 10.8. The van der Waals surface area contributed by atoms with E-state index in [0.717, 1.165) is 12.0 Å². The molecule has 0 amide bonds. The Morgan fingerprint density at radius 2 is 2.00 bits per heavy atom. The normalized spacial score (nSPS) is 12.1. The van der Waals surface area contributed by atoms with Gasteiger partial charge >= 0.3 is 0 Å². The fraction of sp³-hybridized carbons (Fsp3) is 0.385. The second-order valence-electron chi connectivity index (χ2n) is 3.41. The number of benzene rings is 1. The molecule has 0 aliphatic heterocycles. The van der Waals surface area contributed by atoms with Crippen LogP contribution in [0.25, 0.3) is 0 Å². The Morgan fingerprint density at radius 3 is 2.50 bits per heavy atom. The van der Waals surface area contributed by atoms with Crippen LogP contribution in [0.3, 0.4) is 0 Å². The molecular weight excluding hydrogens is 172 g/mol. The molecule has 0 saturated heterocycles. The van der Waals surface area contributed by atoms with Gasteiger partial charge in [-0.25, -0.2) is 0 Å². The van der Waals surface area contributed by atoms with Crippen molar-refractivity contribution in [2.24, 2.45) is 0 Å². The predicted molar refractivity (Wildman–Crippen MR) is 58.8 cm³/mol. The number of rotatable bonds is 4. The molecule has 1 nitrogen and oxygen atoms in total. The summed E-state index contributed by atoms with van der Waals surface area (Å²) < 4.78 is 0. The Labute approximate surface area is 85.8 Å².